The molecule has 0 aliphatic rings. The van der Waals surface area contributed by atoms with Crippen LogP contribution in [0, 0.1) is 5.41 Å². The lowest BCUT2D eigenvalue weighted by atomic mass is 9.79. The molecular weight excluding hydrogens is 488 g/mol. The first-order chi connectivity index (χ1) is 19.6. The maximum Gasteiger partial charge on any atom is 0.317 e. The molecule has 1 rings (SSSR count). The van der Waals surface area contributed by atoms with Crippen LogP contribution < -0.4 is 4.74 Å². The number of esters is 1. The SMILES string of the molecule is CCCCCCCCCCCCCCC(C)(CCCCCCCCCCCC)C(=O)Oc1ccc(CCC)cc1. The fourth-order valence-corrected chi connectivity index (χ4v) is 5.93. The van der Waals surface area contributed by atoms with Crippen molar-refractivity contribution >= 4 is 5.97 Å². The van der Waals surface area contributed by atoms with Crippen molar-refractivity contribution in [3.8, 4) is 5.75 Å². The Morgan fingerprint density at radius 3 is 1.23 bits per heavy atom. The summed E-state index contributed by atoms with van der Waals surface area (Å²) in [5.74, 6) is 0.684. The predicted molar refractivity (Wildman–Crippen MR) is 176 cm³/mol. The molecule has 1 aromatic rings. The average Bonchev–Trinajstić information content (AvgIpc) is 2.96. The van der Waals surface area contributed by atoms with E-state index in [1.165, 1.54) is 134 Å². The van der Waals surface area contributed by atoms with Crippen molar-refractivity contribution in [1.29, 1.82) is 0 Å². The highest BCUT2D eigenvalue weighted by Gasteiger charge is 2.34. The summed E-state index contributed by atoms with van der Waals surface area (Å²) in [6.45, 7) is 8.94. The average molecular weight is 557 g/mol. The van der Waals surface area contributed by atoms with E-state index in [1.807, 2.05) is 12.1 Å². The Morgan fingerprint density at radius 1 is 0.525 bits per heavy atom. The number of aryl methyl sites for hydroxylation is 1. The number of carbonyl (C=O) groups is 1. The van der Waals surface area contributed by atoms with Gasteiger partial charge in [-0.25, -0.2) is 0 Å². The summed E-state index contributed by atoms with van der Waals surface area (Å²) in [7, 11) is 0. The van der Waals surface area contributed by atoms with Gasteiger partial charge >= 0.3 is 5.97 Å². The first-order valence-electron chi connectivity index (χ1n) is 17.9. The fourth-order valence-electron chi connectivity index (χ4n) is 5.93. The number of benzene rings is 1. The molecule has 0 fully saturated rings. The van der Waals surface area contributed by atoms with Crippen molar-refractivity contribution in [3.63, 3.8) is 0 Å². The number of rotatable bonds is 28. The predicted octanol–water partition coefficient (Wildman–Crippen LogP) is 13.0. The van der Waals surface area contributed by atoms with E-state index in [-0.39, 0.29) is 11.4 Å². The van der Waals surface area contributed by atoms with Crippen LogP contribution in [0.1, 0.15) is 194 Å². The third kappa shape index (κ3) is 18.9. The molecule has 232 valence electrons. The highest BCUT2D eigenvalue weighted by Crippen LogP contribution is 2.34. The minimum Gasteiger partial charge on any atom is -0.426 e. The lowest BCUT2D eigenvalue weighted by Crippen LogP contribution is -2.32. The van der Waals surface area contributed by atoms with Crippen molar-refractivity contribution in [1.82, 2.24) is 0 Å². The molecule has 0 bridgehead atoms. The van der Waals surface area contributed by atoms with Crippen LogP contribution in [-0.2, 0) is 11.2 Å². The maximum atomic E-state index is 13.4. The van der Waals surface area contributed by atoms with Gasteiger partial charge in [-0.1, -0.05) is 181 Å². The summed E-state index contributed by atoms with van der Waals surface area (Å²) in [5, 5.41) is 0. The summed E-state index contributed by atoms with van der Waals surface area (Å²) in [6, 6.07) is 8.18. The molecule has 0 saturated carbocycles. The zero-order valence-electron chi connectivity index (χ0n) is 27.5. The molecule has 0 N–H and O–H groups in total. The van der Waals surface area contributed by atoms with Crippen molar-refractivity contribution in [2.24, 2.45) is 5.41 Å². The summed E-state index contributed by atoms with van der Waals surface area (Å²) in [6.07, 6.45) is 33.6. The molecule has 0 saturated heterocycles. The molecule has 0 aromatic heterocycles. The van der Waals surface area contributed by atoms with Crippen LogP contribution in [0.5, 0.6) is 5.75 Å². The van der Waals surface area contributed by atoms with Gasteiger partial charge in [-0.05, 0) is 43.9 Å². The second-order valence-electron chi connectivity index (χ2n) is 12.9. The summed E-state index contributed by atoms with van der Waals surface area (Å²) >= 11 is 0. The lowest BCUT2D eigenvalue weighted by Gasteiger charge is -2.27. The van der Waals surface area contributed by atoms with Gasteiger partial charge in [-0.3, -0.25) is 4.79 Å². The smallest absolute Gasteiger partial charge is 0.317 e. The summed E-state index contributed by atoms with van der Waals surface area (Å²) < 4.78 is 5.97. The fraction of sp³-hybridized carbons (Fsp3) is 0.816. The van der Waals surface area contributed by atoms with Crippen LogP contribution >= 0.6 is 0 Å². The van der Waals surface area contributed by atoms with E-state index in [9.17, 15) is 4.79 Å². The van der Waals surface area contributed by atoms with Gasteiger partial charge in [0.2, 0.25) is 0 Å². The molecule has 2 heteroatoms. The largest absolute Gasteiger partial charge is 0.426 e. The van der Waals surface area contributed by atoms with Crippen LogP contribution in [0.4, 0.5) is 0 Å². The van der Waals surface area contributed by atoms with Gasteiger partial charge in [0.1, 0.15) is 5.75 Å². The maximum absolute atomic E-state index is 13.4. The number of hydrogen-bond acceptors (Lipinski definition) is 2. The van der Waals surface area contributed by atoms with Crippen LogP contribution in [0.3, 0.4) is 0 Å². The Hall–Kier alpha value is -1.31. The van der Waals surface area contributed by atoms with Crippen LogP contribution in [-0.4, -0.2) is 5.97 Å². The van der Waals surface area contributed by atoms with E-state index in [1.54, 1.807) is 0 Å². The monoisotopic (exact) mass is 557 g/mol. The Labute approximate surface area is 250 Å². The van der Waals surface area contributed by atoms with Gasteiger partial charge in [-0.2, -0.15) is 0 Å². The second-order valence-corrected chi connectivity index (χ2v) is 12.9. The Morgan fingerprint density at radius 2 is 0.875 bits per heavy atom. The van der Waals surface area contributed by atoms with Crippen LogP contribution in [0.15, 0.2) is 24.3 Å². The zero-order valence-corrected chi connectivity index (χ0v) is 27.5. The molecule has 0 aliphatic carbocycles. The molecular formula is C38H68O2. The number of hydrogen-bond donors (Lipinski definition) is 0. The zero-order chi connectivity index (χ0) is 29.2. The van der Waals surface area contributed by atoms with E-state index in [4.69, 9.17) is 4.74 Å². The molecule has 0 heterocycles. The van der Waals surface area contributed by atoms with E-state index >= 15 is 0 Å². The molecule has 1 unspecified atom stereocenters. The molecule has 1 aromatic carbocycles. The van der Waals surface area contributed by atoms with E-state index in [0.29, 0.717) is 5.75 Å². The number of ether oxygens (including phenoxy) is 1. The van der Waals surface area contributed by atoms with Gasteiger partial charge in [0.05, 0.1) is 5.41 Å². The van der Waals surface area contributed by atoms with Crippen molar-refractivity contribution in [2.45, 2.75) is 195 Å². The molecule has 0 aliphatic heterocycles. The van der Waals surface area contributed by atoms with E-state index in [2.05, 4.69) is 39.8 Å². The van der Waals surface area contributed by atoms with E-state index in [0.717, 1.165) is 38.5 Å². The van der Waals surface area contributed by atoms with Gasteiger partial charge in [0, 0.05) is 0 Å². The van der Waals surface area contributed by atoms with Crippen LogP contribution in [0.25, 0.3) is 0 Å². The van der Waals surface area contributed by atoms with Crippen molar-refractivity contribution in [3.05, 3.63) is 29.8 Å². The molecule has 0 spiro atoms. The first-order valence-corrected chi connectivity index (χ1v) is 17.9. The third-order valence-corrected chi connectivity index (χ3v) is 8.83. The second kappa shape index (κ2) is 25.4. The highest BCUT2D eigenvalue weighted by molar-refractivity contribution is 5.78. The third-order valence-electron chi connectivity index (χ3n) is 8.83. The Bertz CT molecular complexity index is 694. The molecule has 1 atom stereocenters. The highest BCUT2D eigenvalue weighted by atomic mass is 16.5. The summed E-state index contributed by atoms with van der Waals surface area (Å²) in [5.41, 5.74) is 0.938. The number of unbranched alkanes of at least 4 members (excludes halogenated alkanes) is 20. The van der Waals surface area contributed by atoms with Crippen molar-refractivity contribution < 1.29 is 9.53 Å². The quantitative estimate of drug-likeness (QED) is 0.0583. The Kier molecular flexibility index (Phi) is 23.3. The summed E-state index contributed by atoms with van der Waals surface area (Å²) in [4.78, 5) is 13.4. The van der Waals surface area contributed by atoms with Gasteiger partial charge in [0.15, 0.2) is 0 Å². The lowest BCUT2D eigenvalue weighted by molar-refractivity contribution is -0.146. The van der Waals surface area contributed by atoms with Gasteiger partial charge < -0.3 is 4.74 Å². The first kappa shape index (κ1) is 36.7. The topological polar surface area (TPSA) is 26.3 Å². The number of carbonyl (C=O) groups excluding carboxylic acids is 1. The standard InChI is InChI=1S/C38H68O2/c1-5-8-10-12-14-16-18-19-21-23-25-27-34-38(4,33-26-24-22-20-17-15-13-11-9-6-2)37(39)40-36-31-29-35(28-7-3)30-32-36/h29-32H,5-28,33-34H2,1-4H3. The molecule has 2 nitrogen and oxygen atoms in total. The van der Waals surface area contributed by atoms with E-state index < -0.39 is 0 Å². The van der Waals surface area contributed by atoms with Gasteiger partial charge in [-0.15, -0.1) is 0 Å². The minimum absolute atomic E-state index is 0.0188. The molecule has 0 radical (unpaired) electrons. The molecule has 0 amide bonds. The normalized spacial score (nSPS) is 12.9. The molecule has 40 heavy (non-hydrogen) atoms. The van der Waals surface area contributed by atoms with Crippen LogP contribution in [0.2, 0.25) is 0 Å². The van der Waals surface area contributed by atoms with Crippen molar-refractivity contribution in [2.75, 3.05) is 0 Å². The van der Waals surface area contributed by atoms with Gasteiger partial charge in [0.25, 0.3) is 0 Å². The minimum atomic E-state index is -0.374. The Balaban J connectivity index is 2.41.